The number of carboxylic acid groups (broad SMARTS) is 1. The molecule has 252 valence electrons. The number of sulfonamides is 1. The first kappa shape index (κ1) is 36.1. The Morgan fingerprint density at radius 3 is 2.11 bits per heavy atom. The van der Waals surface area contributed by atoms with E-state index in [4.69, 9.17) is 0 Å². The van der Waals surface area contributed by atoms with Crippen molar-refractivity contribution in [1.82, 2.24) is 25.2 Å². The highest BCUT2D eigenvalue weighted by Crippen LogP contribution is 2.40. The molecule has 3 aliphatic rings. The third-order valence-electron chi connectivity index (χ3n) is 10.2. The van der Waals surface area contributed by atoms with Crippen molar-refractivity contribution < 1.29 is 32.7 Å². The van der Waals surface area contributed by atoms with Gasteiger partial charge in [-0.1, -0.05) is 60.8 Å². The molecule has 0 radical (unpaired) electrons. The van der Waals surface area contributed by atoms with Crippen molar-refractivity contribution in [3.8, 4) is 0 Å². The van der Waals surface area contributed by atoms with E-state index in [9.17, 15) is 32.7 Å². The fraction of sp³-hybridized carbons (Fsp3) is 0.871. The van der Waals surface area contributed by atoms with E-state index in [0.717, 1.165) is 38.5 Å². The van der Waals surface area contributed by atoms with Gasteiger partial charge in [0.2, 0.25) is 21.8 Å². The highest BCUT2D eigenvalue weighted by atomic mass is 32.2. The van der Waals surface area contributed by atoms with Gasteiger partial charge in [0.15, 0.2) is 0 Å². The van der Waals surface area contributed by atoms with Crippen LogP contribution in [0.2, 0.25) is 0 Å². The number of carbonyl (C=O) groups is 4. The van der Waals surface area contributed by atoms with E-state index in [1.807, 2.05) is 27.7 Å². The first-order valence-electron chi connectivity index (χ1n) is 16.4. The first-order valence-corrected chi connectivity index (χ1v) is 18.0. The van der Waals surface area contributed by atoms with Crippen molar-refractivity contribution in [3.05, 3.63) is 0 Å². The van der Waals surface area contributed by atoms with Gasteiger partial charge in [0.25, 0.3) is 0 Å². The molecule has 1 unspecified atom stereocenters. The van der Waals surface area contributed by atoms with Gasteiger partial charge in [0, 0.05) is 25.7 Å². The zero-order valence-electron chi connectivity index (χ0n) is 27.5. The summed E-state index contributed by atoms with van der Waals surface area (Å²) in [7, 11) is -3.40. The van der Waals surface area contributed by atoms with Crippen LogP contribution in [0.1, 0.15) is 112 Å². The molecule has 2 aliphatic heterocycles. The zero-order chi connectivity index (χ0) is 32.9. The standard InChI is InChI=1S/C31H55N5O7S/c1-7-31(8-2,27(39)40)34-25(37)22-15-14-19-36(22)26(38)24(30(6)16-10-9-11-17-30)33-28(41)32-23(29(3,4)5)21-35-18-12-13-20-44(35,42)43/h22-24H,7-21H2,1-6H3,(H,34,37)(H,39,40)(H2,32,33,41)/t22-,23?,24+/m0/s1. The molecule has 0 bridgehead atoms. The Balaban J connectivity index is 1.84. The predicted molar refractivity (Wildman–Crippen MR) is 168 cm³/mol. The number of carbonyl (C=O) groups excluding carboxylic acids is 3. The number of aliphatic carboxylic acids is 1. The Kier molecular flexibility index (Phi) is 11.8. The van der Waals surface area contributed by atoms with Crippen LogP contribution in [0.15, 0.2) is 0 Å². The van der Waals surface area contributed by atoms with Gasteiger partial charge in [-0.25, -0.2) is 18.0 Å². The van der Waals surface area contributed by atoms with Crippen LogP contribution in [0.3, 0.4) is 0 Å². The molecule has 0 aromatic heterocycles. The van der Waals surface area contributed by atoms with Crippen LogP contribution in [0.25, 0.3) is 0 Å². The van der Waals surface area contributed by atoms with E-state index >= 15 is 0 Å². The topological polar surface area (TPSA) is 165 Å². The smallest absolute Gasteiger partial charge is 0.329 e. The maximum Gasteiger partial charge on any atom is 0.329 e. The molecule has 0 spiro atoms. The zero-order valence-corrected chi connectivity index (χ0v) is 28.4. The maximum atomic E-state index is 14.3. The molecule has 3 atom stereocenters. The van der Waals surface area contributed by atoms with Crippen LogP contribution in [-0.4, -0.2) is 95.6 Å². The molecule has 0 aromatic carbocycles. The molecule has 2 heterocycles. The van der Waals surface area contributed by atoms with E-state index in [1.54, 1.807) is 13.8 Å². The van der Waals surface area contributed by atoms with E-state index in [0.29, 0.717) is 32.4 Å². The number of nitrogens with one attached hydrogen (secondary N) is 3. The van der Waals surface area contributed by atoms with Crippen LogP contribution in [-0.2, 0) is 24.4 Å². The lowest BCUT2D eigenvalue weighted by atomic mass is 9.70. The Bertz CT molecular complexity index is 1160. The van der Waals surface area contributed by atoms with Gasteiger partial charge in [-0.3, -0.25) is 9.59 Å². The summed E-state index contributed by atoms with van der Waals surface area (Å²) >= 11 is 0. The van der Waals surface area contributed by atoms with Gasteiger partial charge < -0.3 is 26.0 Å². The maximum absolute atomic E-state index is 14.3. The quantitative estimate of drug-likeness (QED) is 0.269. The van der Waals surface area contributed by atoms with E-state index < -0.39 is 62.4 Å². The average molecular weight is 642 g/mol. The Morgan fingerprint density at radius 2 is 1.57 bits per heavy atom. The SMILES string of the molecule is CCC(CC)(NC(=O)[C@@H]1CCCN1C(=O)[C@@H](NC(=O)NC(CN1CCCCS1(=O)=O)C(C)(C)C)C1(C)CCCCC1)C(=O)O. The molecule has 12 nitrogen and oxygen atoms in total. The minimum Gasteiger partial charge on any atom is -0.480 e. The third-order valence-corrected chi connectivity index (χ3v) is 12.1. The lowest BCUT2D eigenvalue weighted by Crippen LogP contribution is -2.63. The number of carboxylic acids is 1. The van der Waals surface area contributed by atoms with E-state index in [2.05, 4.69) is 16.0 Å². The van der Waals surface area contributed by atoms with Gasteiger partial charge in [0.1, 0.15) is 17.6 Å². The molecule has 13 heteroatoms. The normalized spacial score (nSPS) is 23.8. The molecule has 0 aromatic rings. The van der Waals surface area contributed by atoms with Crippen molar-refractivity contribution in [3.63, 3.8) is 0 Å². The lowest BCUT2D eigenvalue weighted by molar-refractivity contribution is -0.150. The van der Waals surface area contributed by atoms with E-state index in [-0.39, 0.29) is 31.0 Å². The van der Waals surface area contributed by atoms with Crippen LogP contribution in [0.5, 0.6) is 0 Å². The summed E-state index contributed by atoms with van der Waals surface area (Å²) in [4.78, 5) is 55.0. The van der Waals surface area contributed by atoms with Gasteiger partial charge in [-0.2, -0.15) is 4.31 Å². The molecule has 1 saturated carbocycles. The van der Waals surface area contributed by atoms with Gasteiger partial charge in [-0.05, 0) is 62.2 Å². The van der Waals surface area contributed by atoms with Gasteiger partial charge >= 0.3 is 12.0 Å². The summed E-state index contributed by atoms with van der Waals surface area (Å²) in [5.74, 6) is -1.85. The van der Waals surface area contributed by atoms with Crippen LogP contribution in [0, 0.1) is 10.8 Å². The van der Waals surface area contributed by atoms with Crippen molar-refractivity contribution in [2.24, 2.45) is 10.8 Å². The van der Waals surface area contributed by atoms with Crippen molar-refractivity contribution >= 4 is 33.8 Å². The molecule has 3 rings (SSSR count). The largest absolute Gasteiger partial charge is 0.480 e. The highest BCUT2D eigenvalue weighted by Gasteiger charge is 2.48. The molecule has 3 fully saturated rings. The Morgan fingerprint density at radius 1 is 0.932 bits per heavy atom. The Hall–Kier alpha value is -2.41. The third kappa shape index (κ3) is 8.24. The molecule has 1 aliphatic carbocycles. The highest BCUT2D eigenvalue weighted by molar-refractivity contribution is 7.89. The molecular formula is C31H55N5O7S. The predicted octanol–water partition coefficient (Wildman–Crippen LogP) is 3.22. The Labute approximate surface area is 263 Å². The second-order valence-corrected chi connectivity index (χ2v) is 16.4. The summed E-state index contributed by atoms with van der Waals surface area (Å²) in [5.41, 5.74) is -2.42. The van der Waals surface area contributed by atoms with Crippen molar-refractivity contribution in [2.45, 2.75) is 136 Å². The fourth-order valence-electron chi connectivity index (χ4n) is 6.87. The lowest BCUT2D eigenvalue weighted by Gasteiger charge is -2.43. The molecule has 2 saturated heterocycles. The number of rotatable bonds is 11. The molecule has 4 amide bonds. The van der Waals surface area contributed by atoms with Gasteiger partial charge in [-0.15, -0.1) is 0 Å². The summed E-state index contributed by atoms with van der Waals surface area (Å²) in [6.07, 6.45) is 7.15. The van der Waals surface area contributed by atoms with Crippen LogP contribution >= 0.6 is 0 Å². The number of urea groups is 1. The molecule has 4 N–H and O–H groups in total. The summed E-state index contributed by atoms with van der Waals surface area (Å²) in [6.45, 7) is 12.1. The van der Waals surface area contributed by atoms with Gasteiger partial charge in [0.05, 0.1) is 5.75 Å². The monoisotopic (exact) mass is 641 g/mol. The summed E-state index contributed by atoms with van der Waals surface area (Å²) in [5, 5.41) is 18.6. The fourth-order valence-corrected chi connectivity index (χ4v) is 8.48. The van der Waals surface area contributed by atoms with Crippen LogP contribution in [0.4, 0.5) is 4.79 Å². The average Bonchev–Trinajstić information content (AvgIpc) is 3.45. The van der Waals surface area contributed by atoms with Crippen LogP contribution < -0.4 is 16.0 Å². The summed E-state index contributed by atoms with van der Waals surface area (Å²) in [6, 6.07) is -2.79. The number of hydrogen-bond acceptors (Lipinski definition) is 6. The number of amides is 4. The minimum absolute atomic E-state index is 0.0969. The summed E-state index contributed by atoms with van der Waals surface area (Å²) < 4.78 is 26.9. The molecular weight excluding hydrogens is 586 g/mol. The number of likely N-dealkylation sites (tertiary alicyclic amines) is 1. The van der Waals surface area contributed by atoms with Crippen molar-refractivity contribution in [1.29, 1.82) is 0 Å². The number of hydrogen-bond donors (Lipinski definition) is 4. The molecule has 44 heavy (non-hydrogen) atoms. The number of nitrogens with zero attached hydrogens (tertiary/aromatic N) is 2. The van der Waals surface area contributed by atoms with E-state index in [1.165, 1.54) is 9.21 Å². The van der Waals surface area contributed by atoms with Crippen molar-refractivity contribution in [2.75, 3.05) is 25.4 Å². The minimum atomic E-state index is -3.40. The second-order valence-electron chi connectivity index (χ2n) is 14.3. The first-order chi connectivity index (χ1) is 20.5. The second kappa shape index (κ2) is 14.3.